The number of sulfonamides is 2. The summed E-state index contributed by atoms with van der Waals surface area (Å²) in [5, 5.41) is 0. The Balaban J connectivity index is 1.59. The van der Waals surface area contributed by atoms with Crippen LogP contribution in [0.4, 0.5) is 11.4 Å². The van der Waals surface area contributed by atoms with Crippen LogP contribution in [-0.4, -0.2) is 29.9 Å². The van der Waals surface area contributed by atoms with Gasteiger partial charge in [-0.05, 0) is 74.5 Å². The molecule has 0 atom stereocenters. The number of nitrogens with one attached hydrogen (secondary N) is 2. The second kappa shape index (κ2) is 11.9. The minimum atomic E-state index is -3.98. The van der Waals surface area contributed by atoms with Crippen molar-refractivity contribution in [3.63, 3.8) is 0 Å². The van der Waals surface area contributed by atoms with Crippen LogP contribution in [0.15, 0.2) is 101 Å². The van der Waals surface area contributed by atoms with E-state index >= 15 is 0 Å². The van der Waals surface area contributed by atoms with Crippen molar-refractivity contribution in [2.24, 2.45) is 0 Å². The molecule has 0 radical (unpaired) electrons. The minimum absolute atomic E-state index is 0.0115. The van der Waals surface area contributed by atoms with E-state index in [9.17, 15) is 21.6 Å². The van der Waals surface area contributed by atoms with Gasteiger partial charge in [-0.3, -0.25) is 9.44 Å². The Morgan fingerprint density at radius 2 is 1.17 bits per heavy atom. The first-order valence-corrected chi connectivity index (χ1v) is 15.2. The van der Waals surface area contributed by atoms with Crippen LogP contribution in [0, 0.1) is 13.8 Å². The zero-order chi connectivity index (χ0) is 29.8. The fourth-order valence-corrected chi connectivity index (χ4v) is 5.97. The van der Waals surface area contributed by atoms with Crippen molar-refractivity contribution in [2.45, 2.75) is 23.6 Å². The Bertz CT molecular complexity index is 1820. The smallest absolute Gasteiger partial charge is 0.340 e. The second-order valence-corrected chi connectivity index (χ2v) is 12.5. The van der Waals surface area contributed by atoms with Crippen LogP contribution in [0.5, 0.6) is 11.5 Å². The third-order valence-corrected chi connectivity index (χ3v) is 8.79. The zero-order valence-corrected chi connectivity index (χ0v) is 24.2. The van der Waals surface area contributed by atoms with E-state index in [1.54, 1.807) is 36.4 Å². The Kier molecular flexibility index (Phi) is 8.50. The Labute approximate surface area is 239 Å². The molecule has 9 nitrogen and oxygen atoms in total. The number of rotatable bonds is 10. The first-order chi connectivity index (χ1) is 19.4. The Morgan fingerprint density at radius 1 is 0.707 bits per heavy atom. The molecule has 41 heavy (non-hydrogen) atoms. The van der Waals surface area contributed by atoms with Gasteiger partial charge in [-0.25, -0.2) is 21.6 Å². The zero-order valence-electron chi connectivity index (χ0n) is 22.5. The van der Waals surface area contributed by atoms with Crippen LogP contribution in [0.1, 0.15) is 27.0 Å². The largest absolute Gasteiger partial charge is 0.465 e. The van der Waals surface area contributed by atoms with Gasteiger partial charge in [0.1, 0.15) is 11.5 Å². The summed E-state index contributed by atoms with van der Waals surface area (Å²) < 4.78 is 67.3. The van der Waals surface area contributed by atoms with Gasteiger partial charge >= 0.3 is 5.97 Å². The average molecular weight is 593 g/mol. The summed E-state index contributed by atoms with van der Waals surface area (Å²) in [6.07, 6.45) is 1.47. The van der Waals surface area contributed by atoms with Crippen molar-refractivity contribution < 1.29 is 31.1 Å². The number of hydrogen-bond acceptors (Lipinski definition) is 7. The fourth-order valence-electron chi connectivity index (χ4n) is 3.80. The van der Waals surface area contributed by atoms with Crippen molar-refractivity contribution in [3.8, 4) is 11.5 Å². The number of hydrogen-bond donors (Lipinski definition) is 2. The summed E-state index contributed by atoms with van der Waals surface area (Å²) in [4.78, 5) is 12.7. The van der Waals surface area contributed by atoms with Crippen molar-refractivity contribution >= 4 is 43.5 Å². The predicted molar refractivity (Wildman–Crippen MR) is 158 cm³/mol. The summed E-state index contributed by atoms with van der Waals surface area (Å²) >= 11 is 0. The molecular formula is C30H28N2O7S2. The second-order valence-electron chi connectivity index (χ2n) is 9.09. The molecule has 0 aliphatic heterocycles. The van der Waals surface area contributed by atoms with Crippen molar-refractivity contribution in [2.75, 3.05) is 16.6 Å². The van der Waals surface area contributed by atoms with E-state index in [-0.39, 0.29) is 26.8 Å². The van der Waals surface area contributed by atoms with E-state index in [0.29, 0.717) is 17.0 Å². The molecule has 0 unspecified atom stereocenters. The summed E-state index contributed by atoms with van der Waals surface area (Å²) in [7, 11) is -6.64. The molecule has 2 N–H and O–H groups in total. The Morgan fingerprint density at radius 3 is 1.66 bits per heavy atom. The van der Waals surface area contributed by atoms with Crippen LogP contribution >= 0.6 is 0 Å². The number of carbonyl (C=O) groups excluding carboxylic acids is 1. The van der Waals surface area contributed by atoms with E-state index in [1.165, 1.54) is 61.7 Å². The highest BCUT2D eigenvalue weighted by Crippen LogP contribution is 2.32. The van der Waals surface area contributed by atoms with Crippen LogP contribution in [0.25, 0.3) is 6.08 Å². The normalized spacial score (nSPS) is 11.4. The number of aryl methyl sites for hydroxylation is 2. The van der Waals surface area contributed by atoms with E-state index in [4.69, 9.17) is 9.47 Å². The number of esters is 1. The molecule has 0 fully saturated rings. The molecule has 0 aliphatic rings. The molecule has 11 heteroatoms. The molecular weight excluding hydrogens is 564 g/mol. The fraction of sp³-hybridized carbons (Fsp3) is 0.100. The van der Waals surface area contributed by atoms with Crippen LogP contribution in [0.3, 0.4) is 0 Å². The topological polar surface area (TPSA) is 128 Å². The van der Waals surface area contributed by atoms with Crippen LogP contribution in [-0.2, 0) is 24.8 Å². The summed E-state index contributed by atoms with van der Waals surface area (Å²) in [6.45, 7) is 7.47. The lowest BCUT2D eigenvalue weighted by molar-refractivity contribution is 0.0601. The van der Waals surface area contributed by atoms with Gasteiger partial charge in [-0.1, -0.05) is 48.0 Å². The number of anilines is 2. The minimum Gasteiger partial charge on any atom is -0.465 e. The third-order valence-electron chi connectivity index (χ3n) is 6.03. The van der Waals surface area contributed by atoms with Gasteiger partial charge in [0.15, 0.2) is 0 Å². The molecule has 0 aliphatic carbocycles. The third kappa shape index (κ3) is 6.94. The van der Waals surface area contributed by atoms with E-state index < -0.39 is 26.0 Å². The van der Waals surface area contributed by atoms with Gasteiger partial charge in [-0.15, -0.1) is 0 Å². The van der Waals surface area contributed by atoms with Gasteiger partial charge < -0.3 is 9.47 Å². The number of carbonyl (C=O) groups is 1. The molecule has 0 heterocycles. The summed E-state index contributed by atoms with van der Waals surface area (Å²) in [6, 6.07) is 21.6. The first-order valence-electron chi connectivity index (χ1n) is 12.3. The molecule has 0 saturated heterocycles. The van der Waals surface area contributed by atoms with Gasteiger partial charge in [0.2, 0.25) is 0 Å². The quantitative estimate of drug-likeness (QED) is 0.212. The van der Waals surface area contributed by atoms with E-state index in [2.05, 4.69) is 16.0 Å². The predicted octanol–water partition coefficient (Wildman–Crippen LogP) is 6.13. The number of ether oxygens (including phenoxy) is 2. The molecule has 4 rings (SSSR count). The summed E-state index contributed by atoms with van der Waals surface area (Å²) in [5.74, 6) is -0.238. The maximum absolute atomic E-state index is 12.9. The van der Waals surface area contributed by atoms with Crippen molar-refractivity contribution in [1.29, 1.82) is 0 Å². The molecule has 0 saturated carbocycles. The standard InChI is InChI=1S/C30H28N2O7S2/c1-5-22-18-23(10-16-28(22)31-40(34,35)25-12-6-20(2)7-13-25)39-24-11-17-29(27(19-24)30(33)38-4)32-41(36,37)26-14-8-21(3)9-15-26/h5-19,31-32H,1H2,2-4H3. The van der Waals surface area contributed by atoms with Crippen molar-refractivity contribution in [3.05, 3.63) is 114 Å². The van der Waals surface area contributed by atoms with Crippen LogP contribution in [0.2, 0.25) is 0 Å². The van der Waals surface area contributed by atoms with Crippen molar-refractivity contribution in [1.82, 2.24) is 0 Å². The molecule has 0 bridgehead atoms. The summed E-state index contributed by atoms with van der Waals surface area (Å²) in [5.41, 5.74) is 2.53. The van der Waals surface area contributed by atoms with E-state index in [0.717, 1.165) is 11.1 Å². The van der Waals surface area contributed by atoms with Gasteiger partial charge in [-0.2, -0.15) is 0 Å². The highest BCUT2D eigenvalue weighted by atomic mass is 32.2. The SMILES string of the molecule is C=Cc1cc(Oc2ccc(NS(=O)(=O)c3ccc(C)cc3)c(C(=O)OC)c2)ccc1NS(=O)(=O)c1ccc(C)cc1. The maximum atomic E-state index is 12.9. The molecule has 0 spiro atoms. The van der Waals surface area contributed by atoms with Gasteiger partial charge in [0.05, 0.1) is 33.8 Å². The molecule has 0 amide bonds. The molecule has 212 valence electrons. The lowest BCUT2D eigenvalue weighted by Gasteiger charge is -2.15. The first kappa shape index (κ1) is 29.4. The molecule has 4 aromatic carbocycles. The monoisotopic (exact) mass is 592 g/mol. The van der Waals surface area contributed by atoms with E-state index in [1.807, 2.05) is 13.8 Å². The van der Waals surface area contributed by atoms with Gasteiger partial charge in [0, 0.05) is 5.56 Å². The molecule has 0 aromatic heterocycles. The Hall–Kier alpha value is -4.61. The van der Waals surface area contributed by atoms with Gasteiger partial charge in [0.25, 0.3) is 20.0 Å². The molecule has 4 aromatic rings. The average Bonchev–Trinajstić information content (AvgIpc) is 2.94. The lowest BCUT2D eigenvalue weighted by atomic mass is 10.1. The lowest BCUT2D eigenvalue weighted by Crippen LogP contribution is -2.16. The number of benzene rings is 4. The highest BCUT2D eigenvalue weighted by Gasteiger charge is 2.21. The van der Waals surface area contributed by atoms with Crippen LogP contribution < -0.4 is 14.2 Å². The maximum Gasteiger partial charge on any atom is 0.340 e. The highest BCUT2D eigenvalue weighted by molar-refractivity contribution is 7.93. The number of methoxy groups -OCH3 is 1.